The summed E-state index contributed by atoms with van der Waals surface area (Å²) in [6, 6.07) is 11.1. The molecule has 0 atom stereocenters. The van der Waals surface area contributed by atoms with Crippen molar-refractivity contribution in [3.05, 3.63) is 98.8 Å². The highest BCUT2D eigenvalue weighted by Crippen LogP contribution is 2.42. The number of aryl methyl sites for hydroxylation is 1. The van der Waals surface area contributed by atoms with Crippen molar-refractivity contribution in [1.29, 1.82) is 0 Å². The van der Waals surface area contributed by atoms with Gasteiger partial charge in [0.15, 0.2) is 5.82 Å². The summed E-state index contributed by atoms with van der Waals surface area (Å²) in [6.45, 7) is -1.73. The summed E-state index contributed by atoms with van der Waals surface area (Å²) in [5, 5.41) is 7.67. The Kier molecular flexibility index (Phi) is 7.52. The molecule has 5 rings (SSSR count). The van der Waals surface area contributed by atoms with Crippen LogP contribution >= 0.6 is 0 Å². The lowest BCUT2D eigenvalue weighted by Crippen LogP contribution is -2.31. The van der Waals surface area contributed by atoms with Crippen molar-refractivity contribution in [2.24, 2.45) is 0 Å². The molecule has 0 amide bonds. The fourth-order valence-corrected chi connectivity index (χ4v) is 5.60. The summed E-state index contributed by atoms with van der Waals surface area (Å²) in [4.78, 5) is 17.5. The molecule has 0 aliphatic heterocycles. The van der Waals surface area contributed by atoms with Crippen LogP contribution in [0.3, 0.4) is 0 Å². The molecule has 0 spiro atoms. The Bertz CT molecular complexity index is 1550. The van der Waals surface area contributed by atoms with Gasteiger partial charge >= 0.3 is 12.7 Å². The molecule has 1 saturated carbocycles. The Morgan fingerprint density at radius 2 is 1.70 bits per heavy atom. The van der Waals surface area contributed by atoms with Gasteiger partial charge in [0.1, 0.15) is 17.8 Å². The van der Waals surface area contributed by atoms with Crippen LogP contribution in [0.25, 0.3) is 11.5 Å². The second kappa shape index (κ2) is 10.9. The number of nitrogens with zero attached hydrogens (tertiary/aromatic N) is 5. The van der Waals surface area contributed by atoms with E-state index in [1.54, 1.807) is 6.07 Å². The van der Waals surface area contributed by atoms with E-state index in [0.717, 1.165) is 22.6 Å². The van der Waals surface area contributed by atoms with Crippen LogP contribution in [0.5, 0.6) is 0 Å². The van der Waals surface area contributed by atoms with Crippen molar-refractivity contribution in [1.82, 2.24) is 24.5 Å². The molecule has 6 nitrogen and oxygen atoms in total. The molecule has 2 heterocycles. The van der Waals surface area contributed by atoms with E-state index >= 15 is 0 Å². The zero-order chi connectivity index (χ0) is 28.6. The molecule has 12 heteroatoms. The summed E-state index contributed by atoms with van der Waals surface area (Å²) in [6.07, 6.45) is -1.60. The third-order valence-corrected chi connectivity index (χ3v) is 7.48. The predicted octanol–water partition coefficient (Wildman–Crippen LogP) is 6.85. The first-order valence-electron chi connectivity index (χ1n) is 12.7. The SMILES string of the molecule is Cc1cccc(F)c1C1CCC(c2cc(-c3ncnn3C(F)F)nn(Cc3ccccc3C(F)(F)F)c2=O)CC1. The molecule has 40 heavy (non-hydrogen) atoms. The van der Waals surface area contributed by atoms with E-state index in [-0.39, 0.29) is 40.3 Å². The quantitative estimate of drug-likeness (QED) is 0.242. The van der Waals surface area contributed by atoms with Gasteiger partial charge < -0.3 is 0 Å². The van der Waals surface area contributed by atoms with Gasteiger partial charge in [-0.3, -0.25) is 4.79 Å². The van der Waals surface area contributed by atoms with Gasteiger partial charge in [-0.25, -0.2) is 14.1 Å². The Morgan fingerprint density at radius 3 is 2.38 bits per heavy atom. The minimum atomic E-state index is -4.67. The number of hydrogen-bond acceptors (Lipinski definition) is 4. The lowest BCUT2D eigenvalue weighted by Gasteiger charge is -2.30. The summed E-state index contributed by atoms with van der Waals surface area (Å²) < 4.78 is 84.0. The van der Waals surface area contributed by atoms with Crippen molar-refractivity contribution < 1.29 is 26.3 Å². The van der Waals surface area contributed by atoms with Gasteiger partial charge in [-0.1, -0.05) is 30.3 Å². The first-order chi connectivity index (χ1) is 19.0. The van der Waals surface area contributed by atoms with Crippen LogP contribution in [0.2, 0.25) is 0 Å². The van der Waals surface area contributed by atoms with Gasteiger partial charge in [-0.05, 0) is 79.3 Å². The third kappa shape index (κ3) is 5.39. The minimum absolute atomic E-state index is 0.0541. The molecule has 210 valence electrons. The van der Waals surface area contributed by atoms with Crippen LogP contribution in [-0.2, 0) is 12.7 Å². The van der Waals surface area contributed by atoms with E-state index in [0.29, 0.717) is 35.9 Å². The standard InChI is InChI=1S/C28H25F6N5O/c1-16-5-4-8-22(29)24(16)18-11-9-17(10-12-18)20-13-23(25-35-15-36-39(25)27(30)31)37-38(26(20)40)14-19-6-2-3-7-21(19)28(32,33)34/h2-8,13,15,17-18,27H,9-12,14H2,1H3. The molecular weight excluding hydrogens is 536 g/mol. The Morgan fingerprint density at radius 1 is 1.00 bits per heavy atom. The average Bonchev–Trinajstić information content (AvgIpc) is 3.41. The number of benzene rings is 2. The molecule has 0 saturated heterocycles. The van der Waals surface area contributed by atoms with Gasteiger partial charge in [0, 0.05) is 5.56 Å². The van der Waals surface area contributed by atoms with Crippen molar-refractivity contribution >= 4 is 0 Å². The van der Waals surface area contributed by atoms with Crippen LogP contribution in [0, 0.1) is 12.7 Å². The largest absolute Gasteiger partial charge is 0.416 e. The van der Waals surface area contributed by atoms with Gasteiger partial charge in [-0.15, -0.1) is 0 Å². The molecule has 1 aliphatic carbocycles. The second-order valence-electron chi connectivity index (χ2n) is 9.93. The molecule has 0 unspecified atom stereocenters. The van der Waals surface area contributed by atoms with Gasteiger partial charge in [0.05, 0.1) is 12.1 Å². The summed E-state index contributed by atoms with van der Waals surface area (Å²) in [7, 11) is 0. The highest BCUT2D eigenvalue weighted by atomic mass is 19.4. The zero-order valence-electron chi connectivity index (χ0n) is 21.4. The van der Waals surface area contributed by atoms with Crippen LogP contribution in [0.4, 0.5) is 26.3 Å². The molecule has 4 aromatic rings. The molecule has 1 aliphatic rings. The minimum Gasteiger partial charge on any atom is -0.267 e. The van der Waals surface area contributed by atoms with E-state index < -0.39 is 30.4 Å². The number of aromatic nitrogens is 5. The van der Waals surface area contributed by atoms with E-state index in [4.69, 9.17) is 0 Å². The van der Waals surface area contributed by atoms with Crippen LogP contribution in [0.1, 0.15) is 71.9 Å². The van der Waals surface area contributed by atoms with Crippen molar-refractivity contribution in [2.45, 2.75) is 63.7 Å². The molecule has 0 radical (unpaired) electrons. The van der Waals surface area contributed by atoms with Crippen LogP contribution < -0.4 is 5.56 Å². The Labute approximate surface area is 225 Å². The summed E-state index contributed by atoms with van der Waals surface area (Å²) in [5.74, 6) is -0.984. The molecule has 0 bridgehead atoms. The van der Waals surface area contributed by atoms with Gasteiger partial charge in [-0.2, -0.15) is 36.8 Å². The maximum atomic E-state index is 14.6. The molecule has 2 aromatic heterocycles. The highest BCUT2D eigenvalue weighted by molar-refractivity contribution is 5.50. The van der Waals surface area contributed by atoms with Crippen molar-refractivity contribution in [3.8, 4) is 11.5 Å². The molecule has 0 N–H and O–H groups in total. The first kappa shape index (κ1) is 27.6. The van der Waals surface area contributed by atoms with Gasteiger partial charge in [0.2, 0.25) is 0 Å². The highest BCUT2D eigenvalue weighted by Gasteiger charge is 2.34. The maximum Gasteiger partial charge on any atom is 0.416 e. The molecule has 2 aromatic carbocycles. The maximum absolute atomic E-state index is 14.6. The zero-order valence-corrected chi connectivity index (χ0v) is 21.4. The number of rotatable bonds is 6. The van der Waals surface area contributed by atoms with Crippen LogP contribution in [0.15, 0.2) is 59.7 Å². The Hall–Kier alpha value is -3.96. The normalized spacial score (nSPS) is 17.9. The predicted molar refractivity (Wildman–Crippen MR) is 134 cm³/mol. The average molecular weight is 562 g/mol. The third-order valence-electron chi connectivity index (χ3n) is 7.48. The van der Waals surface area contributed by atoms with Gasteiger partial charge in [0.25, 0.3) is 5.56 Å². The lowest BCUT2D eigenvalue weighted by molar-refractivity contribution is -0.138. The Balaban J connectivity index is 1.54. The number of hydrogen-bond donors (Lipinski definition) is 0. The fourth-order valence-electron chi connectivity index (χ4n) is 5.60. The topological polar surface area (TPSA) is 65.6 Å². The lowest BCUT2D eigenvalue weighted by atomic mass is 9.75. The molecular formula is C28H25F6N5O. The smallest absolute Gasteiger partial charge is 0.267 e. The second-order valence-corrected chi connectivity index (χ2v) is 9.93. The fraction of sp³-hybridized carbons (Fsp3) is 0.357. The van der Waals surface area contributed by atoms with Crippen molar-refractivity contribution in [3.63, 3.8) is 0 Å². The van der Waals surface area contributed by atoms with Crippen molar-refractivity contribution in [2.75, 3.05) is 0 Å². The van der Waals surface area contributed by atoms with E-state index in [1.165, 1.54) is 30.3 Å². The summed E-state index contributed by atoms with van der Waals surface area (Å²) in [5.41, 5.74) is -0.122. The molecule has 1 fully saturated rings. The monoisotopic (exact) mass is 561 g/mol. The number of halogens is 6. The van der Waals surface area contributed by atoms with Crippen LogP contribution in [-0.4, -0.2) is 24.5 Å². The van der Waals surface area contributed by atoms with E-state index in [9.17, 15) is 31.1 Å². The number of alkyl halides is 5. The summed E-state index contributed by atoms with van der Waals surface area (Å²) >= 11 is 0. The first-order valence-corrected chi connectivity index (χ1v) is 12.7. The van der Waals surface area contributed by atoms with E-state index in [1.807, 2.05) is 13.0 Å². The van der Waals surface area contributed by atoms with E-state index in [2.05, 4.69) is 15.2 Å².